The van der Waals surface area contributed by atoms with Crippen molar-refractivity contribution in [3.63, 3.8) is 0 Å². The first-order valence-corrected chi connectivity index (χ1v) is 14.0. The third-order valence-electron chi connectivity index (χ3n) is 8.09. The summed E-state index contributed by atoms with van der Waals surface area (Å²) < 4.78 is 0. The summed E-state index contributed by atoms with van der Waals surface area (Å²) in [5.41, 5.74) is 5.24. The van der Waals surface area contributed by atoms with E-state index < -0.39 is 0 Å². The molecular formula is C29H38N4O2S. The number of carbonyl (C=O) groups is 1. The van der Waals surface area contributed by atoms with Gasteiger partial charge in [-0.05, 0) is 61.6 Å². The summed E-state index contributed by atoms with van der Waals surface area (Å²) in [4.78, 5) is 40.2. The molecule has 7 heteroatoms. The van der Waals surface area contributed by atoms with E-state index >= 15 is 0 Å². The van der Waals surface area contributed by atoms with Crippen LogP contribution in [0.15, 0.2) is 23.0 Å². The van der Waals surface area contributed by atoms with Gasteiger partial charge in [-0.25, -0.2) is 4.98 Å². The molecule has 6 nitrogen and oxygen atoms in total. The molecule has 192 valence electrons. The number of aromatic amines is 1. The van der Waals surface area contributed by atoms with Crippen LogP contribution in [0.5, 0.6) is 0 Å². The Kier molecular flexibility index (Phi) is 6.70. The molecule has 0 bridgehead atoms. The number of H-pyrrole nitrogens is 1. The molecule has 1 saturated heterocycles. The molecule has 0 radical (unpaired) electrons. The first kappa shape index (κ1) is 25.0. The van der Waals surface area contributed by atoms with Crippen LogP contribution >= 0.6 is 11.3 Å². The van der Waals surface area contributed by atoms with E-state index in [0.29, 0.717) is 24.6 Å². The zero-order valence-corrected chi connectivity index (χ0v) is 23.1. The van der Waals surface area contributed by atoms with Gasteiger partial charge in [-0.2, -0.15) is 0 Å². The third kappa shape index (κ3) is 4.95. The second kappa shape index (κ2) is 9.66. The van der Waals surface area contributed by atoms with E-state index in [4.69, 9.17) is 4.98 Å². The van der Waals surface area contributed by atoms with Crippen LogP contribution in [0.25, 0.3) is 10.2 Å². The van der Waals surface area contributed by atoms with Gasteiger partial charge in [0.1, 0.15) is 10.7 Å². The number of carbonyl (C=O) groups excluding carboxylic acids is 1. The summed E-state index contributed by atoms with van der Waals surface area (Å²) in [7, 11) is 0. The highest BCUT2D eigenvalue weighted by atomic mass is 32.1. The van der Waals surface area contributed by atoms with Crippen molar-refractivity contribution in [2.45, 2.75) is 66.7 Å². The van der Waals surface area contributed by atoms with E-state index in [1.54, 1.807) is 11.3 Å². The summed E-state index contributed by atoms with van der Waals surface area (Å²) in [5, 5.41) is 0.778. The first-order valence-electron chi connectivity index (χ1n) is 13.2. The van der Waals surface area contributed by atoms with Crippen molar-refractivity contribution in [2.24, 2.45) is 11.3 Å². The smallest absolute Gasteiger partial charge is 0.259 e. The van der Waals surface area contributed by atoms with Gasteiger partial charge in [0.15, 0.2) is 0 Å². The number of nitrogens with one attached hydrogen (secondary N) is 1. The van der Waals surface area contributed by atoms with Gasteiger partial charge in [0.2, 0.25) is 5.91 Å². The molecule has 3 aromatic rings. The van der Waals surface area contributed by atoms with E-state index in [1.165, 1.54) is 27.3 Å². The second-order valence-electron chi connectivity index (χ2n) is 11.7. The van der Waals surface area contributed by atoms with Crippen molar-refractivity contribution in [1.29, 1.82) is 0 Å². The predicted octanol–water partition coefficient (Wildman–Crippen LogP) is 5.03. The summed E-state index contributed by atoms with van der Waals surface area (Å²) >= 11 is 1.68. The summed E-state index contributed by atoms with van der Waals surface area (Å²) in [5.74, 6) is 1.39. The number of rotatable bonds is 4. The van der Waals surface area contributed by atoms with Crippen molar-refractivity contribution in [3.05, 3.63) is 55.9 Å². The Bertz CT molecular complexity index is 1340. The number of amides is 1. The molecule has 1 N–H and O–H groups in total. The second-order valence-corrected chi connectivity index (χ2v) is 12.7. The van der Waals surface area contributed by atoms with E-state index in [1.807, 2.05) is 4.90 Å². The number of fused-ring (bicyclic) bond motifs is 3. The highest BCUT2D eigenvalue weighted by molar-refractivity contribution is 7.18. The van der Waals surface area contributed by atoms with Gasteiger partial charge in [-0.15, -0.1) is 11.3 Å². The van der Waals surface area contributed by atoms with Crippen LogP contribution in [0, 0.1) is 25.2 Å². The lowest BCUT2D eigenvalue weighted by Crippen LogP contribution is -2.49. The Morgan fingerprint density at radius 2 is 1.92 bits per heavy atom. The zero-order valence-electron chi connectivity index (χ0n) is 22.2. The van der Waals surface area contributed by atoms with E-state index in [-0.39, 0.29) is 16.9 Å². The summed E-state index contributed by atoms with van der Waals surface area (Å²) in [6, 6.07) is 6.55. The number of anilines is 1. The third-order valence-corrected chi connectivity index (χ3v) is 9.24. The van der Waals surface area contributed by atoms with Crippen molar-refractivity contribution in [1.82, 2.24) is 14.9 Å². The molecule has 36 heavy (non-hydrogen) atoms. The molecule has 2 aromatic heterocycles. The molecule has 1 fully saturated rings. The fourth-order valence-electron chi connectivity index (χ4n) is 5.83. The fourth-order valence-corrected chi connectivity index (χ4v) is 7.15. The molecule has 3 heterocycles. The van der Waals surface area contributed by atoms with Gasteiger partial charge in [0.25, 0.3) is 5.56 Å². The maximum absolute atomic E-state index is 13.0. The number of aromatic nitrogens is 2. The van der Waals surface area contributed by atoms with Crippen LogP contribution in [0.2, 0.25) is 0 Å². The van der Waals surface area contributed by atoms with Gasteiger partial charge >= 0.3 is 0 Å². The van der Waals surface area contributed by atoms with Crippen LogP contribution in [0.4, 0.5) is 5.69 Å². The molecule has 1 atom stereocenters. The number of benzene rings is 1. The van der Waals surface area contributed by atoms with Crippen molar-refractivity contribution >= 4 is 33.1 Å². The van der Waals surface area contributed by atoms with Crippen LogP contribution in [-0.4, -0.2) is 47.0 Å². The first-order chi connectivity index (χ1) is 17.1. The minimum atomic E-state index is -0.0451. The van der Waals surface area contributed by atoms with Crippen LogP contribution in [0.3, 0.4) is 0 Å². The number of thiophene rings is 1. The maximum atomic E-state index is 13.0. The SMILES string of the molecule is Cc1ccc(N2CCN(C(=O)CCc3nc4sc5c(c4c(=O)[nH]3)CC[C@@H](C(C)(C)C)C5)CC2)c(C)c1. The normalized spacial score (nSPS) is 18.5. The Balaban J connectivity index is 1.22. The Morgan fingerprint density at radius 1 is 1.17 bits per heavy atom. The molecule has 5 rings (SSSR count). The Labute approximate surface area is 217 Å². The van der Waals surface area contributed by atoms with Gasteiger partial charge in [0, 0.05) is 49.6 Å². The largest absolute Gasteiger partial charge is 0.368 e. The van der Waals surface area contributed by atoms with Crippen molar-refractivity contribution in [3.8, 4) is 0 Å². The molecule has 0 saturated carbocycles. The quantitative estimate of drug-likeness (QED) is 0.539. The average Bonchev–Trinajstić information content (AvgIpc) is 3.20. The summed E-state index contributed by atoms with van der Waals surface area (Å²) in [6.07, 6.45) is 3.94. The molecule has 1 aliphatic heterocycles. The lowest BCUT2D eigenvalue weighted by molar-refractivity contribution is -0.131. The minimum Gasteiger partial charge on any atom is -0.368 e. The molecule has 2 aliphatic rings. The molecule has 1 amide bonds. The molecule has 0 spiro atoms. The average molecular weight is 507 g/mol. The van der Waals surface area contributed by atoms with Crippen LogP contribution in [-0.2, 0) is 24.1 Å². The highest BCUT2D eigenvalue weighted by Gasteiger charge is 2.31. The van der Waals surface area contributed by atoms with Crippen LogP contribution < -0.4 is 10.5 Å². The molecular weight excluding hydrogens is 468 g/mol. The Hall–Kier alpha value is -2.67. The van der Waals surface area contributed by atoms with Crippen molar-refractivity contribution < 1.29 is 4.79 Å². The van der Waals surface area contributed by atoms with Gasteiger partial charge < -0.3 is 14.8 Å². The standard InChI is InChI=1S/C29H38N4O2S/c1-18-6-9-22(19(2)16-18)32-12-14-33(15-13-32)25(34)11-10-24-30-27(35)26-21-8-7-20(29(3,4)5)17-23(21)36-28(26)31-24/h6,9,16,20H,7-8,10-15,17H2,1-5H3,(H,30,31,35)/t20-/m1/s1. The maximum Gasteiger partial charge on any atom is 0.259 e. The van der Waals surface area contributed by atoms with Crippen molar-refractivity contribution in [2.75, 3.05) is 31.1 Å². The van der Waals surface area contributed by atoms with Gasteiger partial charge in [-0.3, -0.25) is 9.59 Å². The number of hydrogen-bond acceptors (Lipinski definition) is 5. The fraction of sp³-hybridized carbons (Fsp3) is 0.552. The minimum absolute atomic E-state index is 0.0451. The number of aryl methyl sites for hydroxylation is 4. The lowest BCUT2D eigenvalue weighted by atomic mass is 9.72. The monoisotopic (exact) mass is 506 g/mol. The van der Waals surface area contributed by atoms with E-state index in [9.17, 15) is 9.59 Å². The molecule has 1 aromatic carbocycles. The number of piperazine rings is 1. The lowest BCUT2D eigenvalue weighted by Gasteiger charge is -2.37. The van der Waals surface area contributed by atoms with E-state index in [0.717, 1.165) is 55.7 Å². The van der Waals surface area contributed by atoms with Gasteiger partial charge in [-0.1, -0.05) is 38.5 Å². The highest BCUT2D eigenvalue weighted by Crippen LogP contribution is 2.42. The van der Waals surface area contributed by atoms with Gasteiger partial charge in [0.05, 0.1) is 5.39 Å². The zero-order chi connectivity index (χ0) is 25.6. The molecule has 1 aliphatic carbocycles. The van der Waals surface area contributed by atoms with Crippen LogP contribution in [0.1, 0.15) is 61.0 Å². The summed E-state index contributed by atoms with van der Waals surface area (Å²) in [6.45, 7) is 14.3. The predicted molar refractivity (Wildman–Crippen MR) is 148 cm³/mol. The number of hydrogen-bond donors (Lipinski definition) is 1. The Morgan fingerprint density at radius 3 is 2.61 bits per heavy atom. The number of nitrogens with zero attached hydrogens (tertiary/aromatic N) is 3. The molecule has 0 unspecified atom stereocenters. The van der Waals surface area contributed by atoms with E-state index in [2.05, 4.69) is 62.7 Å². The topological polar surface area (TPSA) is 69.3 Å².